The summed E-state index contributed by atoms with van der Waals surface area (Å²) in [5.74, 6) is -0.659. The van der Waals surface area contributed by atoms with Crippen molar-refractivity contribution >= 4 is 21.8 Å². The molecular formula is C12H13BrFNO2. The summed E-state index contributed by atoms with van der Waals surface area (Å²) < 4.78 is 18.9. The van der Waals surface area contributed by atoms with Gasteiger partial charge in [-0.2, -0.15) is 0 Å². The van der Waals surface area contributed by atoms with Crippen LogP contribution < -0.4 is 5.32 Å². The summed E-state index contributed by atoms with van der Waals surface area (Å²) in [4.78, 5) is 11.9. The van der Waals surface area contributed by atoms with Gasteiger partial charge in [-0.15, -0.1) is 0 Å². The number of nitrogens with one attached hydrogen (secondary N) is 1. The molecule has 1 aromatic rings. The van der Waals surface area contributed by atoms with Crippen molar-refractivity contribution in [3.63, 3.8) is 0 Å². The van der Waals surface area contributed by atoms with E-state index in [-0.39, 0.29) is 11.9 Å². The highest BCUT2D eigenvalue weighted by Gasteiger charge is 2.18. The van der Waals surface area contributed by atoms with Crippen LogP contribution in [0.4, 0.5) is 4.39 Å². The largest absolute Gasteiger partial charge is 0.381 e. The van der Waals surface area contributed by atoms with Crippen molar-refractivity contribution in [2.45, 2.75) is 18.9 Å². The van der Waals surface area contributed by atoms with Crippen molar-refractivity contribution < 1.29 is 13.9 Å². The van der Waals surface area contributed by atoms with Crippen LogP contribution in [0.1, 0.15) is 23.2 Å². The van der Waals surface area contributed by atoms with Gasteiger partial charge in [-0.3, -0.25) is 4.79 Å². The van der Waals surface area contributed by atoms with E-state index in [9.17, 15) is 9.18 Å². The maximum atomic E-state index is 13.1. The molecule has 1 aliphatic rings. The number of rotatable bonds is 2. The lowest BCUT2D eigenvalue weighted by Crippen LogP contribution is -2.39. The third-order valence-electron chi connectivity index (χ3n) is 2.73. The van der Waals surface area contributed by atoms with Crippen molar-refractivity contribution in [1.29, 1.82) is 0 Å². The molecule has 0 spiro atoms. The highest BCUT2D eigenvalue weighted by molar-refractivity contribution is 9.10. The quantitative estimate of drug-likeness (QED) is 0.911. The number of benzene rings is 1. The van der Waals surface area contributed by atoms with Crippen molar-refractivity contribution in [2.75, 3.05) is 13.2 Å². The van der Waals surface area contributed by atoms with E-state index in [4.69, 9.17) is 4.74 Å². The minimum Gasteiger partial charge on any atom is -0.381 e. The van der Waals surface area contributed by atoms with Gasteiger partial charge < -0.3 is 10.1 Å². The Balaban J connectivity index is 2.05. The summed E-state index contributed by atoms with van der Waals surface area (Å²) in [7, 11) is 0. The zero-order valence-electron chi connectivity index (χ0n) is 9.21. The van der Waals surface area contributed by atoms with E-state index in [2.05, 4.69) is 21.2 Å². The Labute approximate surface area is 107 Å². The third-order valence-corrected chi connectivity index (χ3v) is 3.42. The van der Waals surface area contributed by atoms with Gasteiger partial charge in [0.1, 0.15) is 5.82 Å². The van der Waals surface area contributed by atoms with Gasteiger partial charge in [-0.25, -0.2) is 4.39 Å². The van der Waals surface area contributed by atoms with Crippen LogP contribution in [0, 0.1) is 5.82 Å². The van der Waals surface area contributed by atoms with E-state index in [0.29, 0.717) is 23.2 Å². The van der Waals surface area contributed by atoms with Crippen molar-refractivity contribution in [3.8, 4) is 0 Å². The van der Waals surface area contributed by atoms with E-state index >= 15 is 0 Å². The Morgan fingerprint density at radius 1 is 1.41 bits per heavy atom. The summed E-state index contributed by atoms with van der Waals surface area (Å²) >= 11 is 3.24. The molecule has 1 N–H and O–H groups in total. The zero-order chi connectivity index (χ0) is 12.3. The molecule has 0 aliphatic carbocycles. The summed E-state index contributed by atoms with van der Waals surface area (Å²) in [5, 5.41) is 2.89. The molecule has 5 heteroatoms. The van der Waals surface area contributed by atoms with E-state index in [0.717, 1.165) is 12.8 Å². The molecule has 0 saturated carbocycles. The molecule has 1 aromatic carbocycles. The second-order valence-corrected chi connectivity index (χ2v) is 4.84. The van der Waals surface area contributed by atoms with Crippen LogP contribution in [-0.4, -0.2) is 25.2 Å². The topological polar surface area (TPSA) is 38.3 Å². The maximum absolute atomic E-state index is 13.1. The third kappa shape index (κ3) is 3.26. The Hall–Kier alpha value is -0.940. The number of halogens is 2. The number of amides is 1. The minimum absolute atomic E-state index is 0.117. The second-order valence-electron chi connectivity index (χ2n) is 3.98. The molecule has 92 valence electrons. The Morgan fingerprint density at radius 3 is 2.82 bits per heavy atom. The van der Waals surface area contributed by atoms with Gasteiger partial charge in [0.15, 0.2) is 0 Å². The van der Waals surface area contributed by atoms with Crippen LogP contribution in [0.15, 0.2) is 22.7 Å². The normalized spacial score (nSPS) is 16.8. The highest BCUT2D eigenvalue weighted by atomic mass is 79.9. The van der Waals surface area contributed by atoms with E-state index in [1.165, 1.54) is 18.2 Å². The molecule has 2 rings (SSSR count). The fraction of sp³-hybridized carbons (Fsp3) is 0.417. The monoisotopic (exact) mass is 301 g/mol. The summed E-state index contributed by atoms with van der Waals surface area (Å²) in [6, 6.07) is 4.20. The molecule has 1 aliphatic heterocycles. The summed E-state index contributed by atoms with van der Waals surface area (Å²) in [6.45, 7) is 1.32. The average Bonchev–Trinajstić information content (AvgIpc) is 2.33. The molecule has 0 aromatic heterocycles. The number of hydrogen-bond acceptors (Lipinski definition) is 2. The smallest absolute Gasteiger partial charge is 0.252 e. The van der Waals surface area contributed by atoms with Crippen LogP contribution in [0.3, 0.4) is 0 Å². The first-order valence-corrected chi connectivity index (χ1v) is 6.30. The molecule has 0 atom stereocenters. The van der Waals surface area contributed by atoms with E-state index < -0.39 is 5.82 Å². The van der Waals surface area contributed by atoms with Crippen molar-refractivity contribution in [3.05, 3.63) is 34.1 Å². The first kappa shape index (κ1) is 12.5. The molecule has 17 heavy (non-hydrogen) atoms. The Bertz CT molecular complexity index is 419. The lowest BCUT2D eigenvalue weighted by atomic mass is 10.1. The average molecular weight is 302 g/mol. The first-order chi connectivity index (χ1) is 8.16. The Morgan fingerprint density at radius 2 is 2.12 bits per heavy atom. The van der Waals surface area contributed by atoms with Gasteiger partial charge >= 0.3 is 0 Å². The molecule has 3 nitrogen and oxygen atoms in total. The van der Waals surface area contributed by atoms with Gasteiger partial charge in [-0.05, 0) is 47.0 Å². The van der Waals surface area contributed by atoms with E-state index in [1.54, 1.807) is 0 Å². The molecule has 0 bridgehead atoms. The van der Waals surface area contributed by atoms with Crippen LogP contribution >= 0.6 is 15.9 Å². The second kappa shape index (κ2) is 5.60. The number of carbonyl (C=O) groups is 1. The van der Waals surface area contributed by atoms with Crippen molar-refractivity contribution in [1.82, 2.24) is 5.32 Å². The van der Waals surface area contributed by atoms with Gasteiger partial charge in [0.25, 0.3) is 5.91 Å². The minimum atomic E-state index is -0.412. The maximum Gasteiger partial charge on any atom is 0.252 e. The molecule has 0 unspecified atom stereocenters. The fourth-order valence-corrected chi connectivity index (χ4v) is 2.20. The van der Waals surface area contributed by atoms with Crippen LogP contribution in [0.25, 0.3) is 0 Å². The fourth-order valence-electron chi connectivity index (χ4n) is 1.78. The predicted molar refractivity (Wildman–Crippen MR) is 65.4 cm³/mol. The summed E-state index contributed by atoms with van der Waals surface area (Å²) in [5.41, 5.74) is 0.330. The lowest BCUT2D eigenvalue weighted by molar-refractivity contribution is 0.0696. The SMILES string of the molecule is O=C(NC1CCOCC1)c1cc(F)ccc1Br. The molecule has 1 fully saturated rings. The van der Waals surface area contributed by atoms with Gasteiger partial charge in [0, 0.05) is 23.7 Å². The molecule has 1 amide bonds. The zero-order valence-corrected chi connectivity index (χ0v) is 10.8. The number of hydrogen-bond donors (Lipinski definition) is 1. The van der Waals surface area contributed by atoms with Gasteiger partial charge in [0.05, 0.1) is 5.56 Å². The van der Waals surface area contributed by atoms with Crippen molar-refractivity contribution in [2.24, 2.45) is 0 Å². The van der Waals surface area contributed by atoms with Crippen LogP contribution in [0.2, 0.25) is 0 Å². The molecule has 0 radical (unpaired) electrons. The standard InChI is InChI=1S/C12H13BrFNO2/c13-11-2-1-8(14)7-10(11)12(16)15-9-3-5-17-6-4-9/h1-2,7,9H,3-6H2,(H,15,16). The van der Waals surface area contributed by atoms with E-state index in [1.807, 2.05) is 0 Å². The molecule has 1 saturated heterocycles. The molecule has 1 heterocycles. The van der Waals surface area contributed by atoms with Crippen LogP contribution in [0.5, 0.6) is 0 Å². The molecular weight excluding hydrogens is 289 g/mol. The highest BCUT2D eigenvalue weighted by Crippen LogP contribution is 2.18. The Kier molecular flexibility index (Phi) is 4.12. The van der Waals surface area contributed by atoms with Gasteiger partial charge in [-0.1, -0.05) is 0 Å². The lowest BCUT2D eigenvalue weighted by Gasteiger charge is -2.23. The predicted octanol–water partition coefficient (Wildman–Crippen LogP) is 2.50. The number of ether oxygens (including phenoxy) is 1. The number of carbonyl (C=O) groups excluding carboxylic acids is 1. The van der Waals surface area contributed by atoms with Gasteiger partial charge in [0.2, 0.25) is 0 Å². The first-order valence-electron chi connectivity index (χ1n) is 5.50. The summed E-state index contributed by atoms with van der Waals surface area (Å²) in [6.07, 6.45) is 1.61. The van der Waals surface area contributed by atoms with Crippen LogP contribution in [-0.2, 0) is 4.74 Å².